The van der Waals surface area contributed by atoms with E-state index in [2.05, 4.69) is 16.0 Å². The summed E-state index contributed by atoms with van der Waals surface area (Å²) in [4.78, 5) is 20.0. The quantitative estimate of drug-likeness (QED) is 0.553. The van der Waals surface area contributed by atoms with Crippen molar-refractivity contribution in [2.24, 2.45) is 16.5 Å². The molecule has 0 aliphatic carbocycles. The first kappa shape index (κ1) is 16.9. The summed E-state index contributed by atoms with van der Waals surface area (Å²) in [6.45, 7) is 0. The Morgan fingerprint density at radius 2 is 1.96 bits per heavy atom. The van der Waals surface area contributed by atoms with Gasteiger partial charge in [-0.1, -0.05) is 0 Å². The maximum atomic E-state index is 12.1. The smallest absolute Gasteiger partial charge is 0.280 e. The molecule has 0 bridgehead atoms. The van der Waals surface area contributed by atoms with Crippen molar-refractivity contribution < 1.29 is 9.53 Å². The van der Waals surface area contributed by atoms with Crippen LogP contribution in [0.15, 0.2) is 53.7 Å². The molecule has 7 heteroatoms. The number of carbonyl (C=O) groups excluding carboxylic acids is 1. The first-order chi connectivity index (χ1) is 12.5. The summed E-state index contributed by atoms with van der Waals surface area (Å²) >= 11 is 0. The maximum absolute atomic E-state index is 12.1. The fourth-order valence-corrected chi connectivity index (χ4v) is 2.68. The number of fused-ring (bicyclic) bond motifs is 1. The normalized spacial score (nSPS) is 10.2. The van der Waals surface area contributed by atoms with Crippen LogP contribution in [0.25, 0.3) is 22.0 Å². The van der Waals surface area contributed by atoms with Gasteiger partial charge >= 0.3 is 0 Å². The third kappa shape index (κ3) is 3.16. The highest BCUT2D eigenvalue weighted by molar-refractivity contribution is 6.06. The van der Waals surface area contributed by atoms with Gasteiger partial charge in [0, 0.05) is 22.7 Å². The summed E-state index contributed by atoms with van der Waals surface area (Å²) in [7, 11) is 1.54. The van der Waals surface area contributed by atoms with Gasteiger partial charge in [-0.3, -0.25) is 9.78 Å². The van der Waals surface area contributed by atoms with Crippen LogP contribution in [0.4, 0.5) is 0 Å². The molecule has 4 N–H and O–H groups in total. The number of nitriles is 1. The molecule has 0 aliphatic rings. The van der Waals surface area contributed by atoms with Gasteiger partial charge in [-0.05, 0) is 48.0 Å². The van der Waals surface area contributed by atoms with Crippen molar-refractivity contribution in [1.29, 1.82) is 5.26 Å². The molecule has 0 saturated carbocycles. The van der Waals surface area contributed by atoms with E-state index in [0.717, 1.165) is 16.5 Å². The number of nitrogens with zero attached hydrogens (tertiary/aromatic N) is 3. The minimum Gasteiger partial charge on any atom is -0.496 e. The second-order valence-electron chi connectivity index (χ2n) is 5.46. The van der Waals surface area contributed by atoms with Crippen molar-refractivity contribution in [1.82, 2.24) is 4.98 Å². The molecule has 1 heterocycles. The lowest BCUT2D eigenvalue weighted by Gasteiger charge is -2.12. The van der Waals surface area contributed by atoms with Gasteiger partial charge in [-0.25, -0.2) is 0 Å². The number of nitrogens with two attached hydrogens (primary N) is 2. The Balaban J connectivity index is 2.23. The molecule has 26 heavy (non-hydrogen) atoms. The number of amides is 1. The average Bonchev–Trinajstić information content (AvgIpc) is 2.66. The van der Waals surface area contributed by atoms with Gasteiger partial charge in [0.15, 0.2) is 5.96 Å². The van der Waals surface area contributed by atoms with E-state index < -0.39 is 5.91 Å². The summed E-state index contributed by atoms with van der Waals surface area (Å²) in [6, 6.07) is 14.1. The van der Waals surface area contributed by atoms with Crippen LogP contribution in [-0.2, 0) is 0 Å². The largest absolute Gasteiger partial charge is 0.496 e. The Morgan fingerprint density at radius 1 is 1.15 bits per heavy atom. The van der Waals surface area contributed by atoms with Crippen LogP contribution in [0.3, 0.4) is 0 Å². The molecule has 0 aliphatic heterocycles. The topological polar surface area (TPSA) is 127 Å². The molecule has 0 fully saturated rings. The molecular formula is C19H15N5O2. The number of guanidine groups is 1. The molecule has 7 nitrogen and oxygen atoms in total. The van der Waals surface area contributed by atoms with Gasteiger partial charge in [0.2, 0.25) is 0 Å². The second-order valence-corrected chi connectivity index (χ2v) is 5.46. The first-order valence-corrected chi connectivity index (χ1v) is 7.64. The van der Waals surface area contributed by atoms with E-state index in [-0.39, 0.29) is 5.96 Å². The third-order valence-corrected chi connectivity index (χ3v) is 3.84. The van der Waals surface area contributed by atoms with Crippen molar-refractivity contribution in [2.45, 2.75) is 0 Å². The lowest BCUT2D eigenvalue weighted by molar-refractivity contribution is 0.100. The SMILES string of the molecule is COc1cc(C#N)ccc1-c1ccnc2ccc(C(=O)N=C(N)N)cc12. The van der Waals surface area contributed by atoms with Crippen LogP contribution >= 0.6 is 0 Å². The van der Waals surface area contributed by atoms with Crippen molar-refractivity contribution >= 4 is 22.8 Å². The van der Waals surface area contributed by atoms with Crippen LogP contribution in [0.5, 0.6) is 5.75 Å². The number of aliphatic imine (C=N–C) groups is 1. The van der Waals surface area contributed by atoms with Crippen LogP contribution in [0, 0.1) is 11.3 Å². The Labute approximate surface area is 149 Å². The zero-order valence-electron chi connectivity index (χ0n) is 13.9. The molecule has 0 atom stereocenters. The van der Waals surface area contributed by atoms with Crippen molar-refractivity contribution in [3.8, 4) is 22.9 Å². The third-order valence-electron chi connectivity index (χ3n) is 3.84. The summed E-state index contributed by atoms with van der Waals surface area (Å²) in [5, 5.41) is 9.82. The molecule has 0 spiro atoms. The molecule has 128 valence electrons. The van der Waals surface area contributed by atoms with E-state index in [9.17, 15) is 4.79 Å². The fraction of sp³-hybridized carbons (Fsp3) is 0.0526. The van der Waals surface area contributed by atoms with Gasteiger partial charge in [-0.2, -0.15) is 10.3 Å². The van der Waals surface area contributed by atoms with Crippen LogP contribution in [-0.4, -0.2) is 24.0 Å². The van der Waals surface area contributed by atoms with Crippen molar-refractivity contribution in [3.63, 3.8) is 0 Å². The van der Waals surface area contributed by atoms with E-state index >= 15 is 0 Å². The number of ether oxygens (including phenoxy) is 1. The number of aromatic nitrogens is 1. The van der Waals surface area contributed by atoms with E-state index in [0.29, 0.717) is 22.4 Å². The molecule has 3 aromatic rings. The standard InChI is InChI=1S/C19H15N5O2/c1-26-17-8-11(10-20)2-4-14(17)13-6-7-23-16-5-3-12(9-15(13)16)18(25)24-19(21)22/h2-9H,1H3,(H4,21,22,24,25). The highest BCUT2D eigenvalue weighted by Gasteiger charge is 2.13. The molecule has 1 amide bonds. The number of methoxy groups -OCH3 is 1. The highest BCUT2D eigenvalue weighted by Crippen LogP contribution is 2.35. The molecular weight excluding hydrogens is 330 g/mol. The molecule has 0 radical (unpaired) electrons. The van der Waals surface area contributed by atoms with Crippen molar-refractivity contribution in [2.75, 3.05) is 7.11 Å². The minimum atomic E-state index is -0.534. The average molecular weight is 345 g/mol. The Morgan fingerprint density at radius 3 is 2.65 bits per heavy atom. The zero-order valence-corrected chi connectivity index (χ0v) is 13.9. The number of hydrogen-bond acceptors (Lipinski definition) is 4. The van der Waals surface area contributed by atoms with Gasteiger partial charge in [0.05, 0.1) is 24.3 Å². The number of benzene rings is 2. The lowest BCUT2D eigenvalue weighted by atomic mass is 9.98. The Bertz CT molecular complexity index is 1080. The van der Waals surface area contributed by atoms with Crippen molar-refractivity contribution in [3.05, 3.63) is 59.8 Å². The van der Waals surface area contributed by atoms with Gasteiger partial charge < -0.3 is 16.2 Å². The Hall–Kier alpha value is -3.92. The van der Waals surface area contributed by atoms with Gasteiger partial charge in [0.25, 0.3) is 5.91 Å². The summed E-state index contributed by atoms with van der Waals surface area (Å²) in [5.41, 5.74) is 13.7. The van der Waals surface area contributed by atoms with Crippen LogP contribution in [0.2, 0.25) is 0 Å². The van der Waals surface area contributed by atoms with Crippen LogP contribution in [0.1, 0.15) is 15.9 Å². The molecule has 0 unspecified atom stereocenters. The van der Waals surface area contributed by atoms with E-state index in [1.165, 1.54) is 7.11 Å². The van der Waals surface area contributed by atoms with E-state index in [1.807, 2.05) is 6.07 Å². The predicted octanol–water partition coefficient (Wildman–Crippen LogP) is 2.20. The maximum Gasteiger partial charge on any atom is 0.280 e. The molecule has 0 saturated heterocycles. The van der Waals surface area contributed by atoms with E-state index in [4.69, 9.17) is 21.5 Å². The number of pyridine rings is 1. The second kappa shape index (κ2) is 6.91. The van der Waals surface area contributed by atoms with E-state index in [1.54, 1.807) is 42.6 Å². The predicted molar refractivity (Wildman–Crippen MR) is 98.6 cm³/mol. The first-order valence-electron chi connectivity index (χ1n) is 7.64. The van der Waals surface area contributed by atoms with Gasteiger partial charge in [-0.15, -0.1) is 0 Å². The lowest BCUT2D eigenvalue weighted by Crippen LogP contribution is -2.24. The van der Waals surface area contributed by atoms with Crippen LogP contribution < -0.4 is 16.2 Å². The fourth-order valence-electron chi connectivity index (χ4n) is 2.68. The minimum absolute atomic E-state index is 0.296. The zero-order chi connectivity index (χ0) is 18.7. The number of hydrogen-bond donors (Lipinski definition) is 2. The monoisotopic (exact) mass is 345 g/mol. The number of rotatable bonds is 3. The Kier molecular flexibility index (Phi) is 4.50. The summed E-state index contributed by atoms with van der Waals surface area (Å²) < 4.78 is 5.43. The molecule has 1 aromatic heterocycles. The molecule has 2 aromatic carbocycles. The summed E-state index contributed by atoms with van der Waals surface area (Å²) in [5.74, 6) is -0.277. The molecule has 3 rings (SSSR count). The highest BCUT2D eigenvalue weighted by atomic mass is 16.5. The van der Waals surface area contributed by atoms with Gasteiger partial charge in [0.1, 0.15) is 5.75 Å². The number of carbonyl (C=O) groups is 1. The summed E-state index contributed by atoms with van der Waals surface area (Å²) in [6.07, 6.45) is 1.67.